The molecule has 1 amide bonds. The van der Waals surface area contributed by atoms with Crippen LogP contribution in [0.15, 0.2) is 46.2 Å². The predicted octanol–water partition coefficient (Wildman–Crippen LogP) is 6.03. The van der Waals surface area contributed by atoms with Crippen LogP contribution in [0.1, 0.15) is 53.0 Å². The lowest BCUT2D eigenvalue weighted by Gasteiger charge is -2.20. The Morgan fingerprint density at radius 2 is 1.78 bits per heavy atom. The van der Waals surface area contributed by atoms with Gasteiger partial charge in [-0.1, -0.05) is 37.7 Å². The standard InChI is InChI=1S/C23H28N4O3S2/c1-14(2)16-7-9-18(10-8-16)24-20(28)15(3)32-21-26-25-19(17-11-12-31-13-17)27(21)22(29)30-23(4,5)6/h7-15H,1-6H3,(H,24,28). The van der Waals surface area contributed by atoms with Crippen LogP contribution < -0.4 is 5.32 Å². The number of thiophene rings is 1. The van der Waals surface area contributed by atoms with Gasteiger partial charge in [0.2, 0.25) is 11.1 Å². The van der Waals surface area contributed by atoms with Gasteiger partial charge in [0, 0.05) is 16.6 Å². The molecule has 170 valence electrons. The number of nitrogens with one attached hydrogen (secondary N) is 1. The number of nitrogens with zero attached hydrogens (tertiary/aromatic N) is 3. The highest BCUT2D eigenvalue weighted by molar-refractivity contribution is 8.00. The van der Waals surface area contributed by atoms with Crippen LogP contribution in [0.3, 0.4) is 0 Å². The van der Waals surface area contributed by atoms with Crippen molar-refractivity contribution in [1.82, 2.24) is 14.8 Å². The fourth-order valence-corrected chi connectivity index (χ4v) is 4.27. The van der Waals surface area contributed by atoms with E-state index < -0.39 is 16.9 Å². The summed E-state index contributed by atoms with van der Waals surface area (Å²) in [5.74, 6) is 0.619. The number of thioether (sulfide) groups is 1. The second-order valence-electron chi connectivity index (χ2n) is 8.66. The molecule has 0 aliphatic rings. The molecule has 1 unspecified atom stereocenters. The van der Waals surface area contributed by atoms with E-state index in [-0.39, 0.29) is 5.91 Å². The third-order valence-corrected chi connectivity index (χ3v) is 6.21. The monoisotopic (exact) mass is 472 g/mol. The molecule has 0 bridgehead atoms. The van der Waals surface area contributed by atoms with Crippen molar-refractivity contribution in [3.05, 3.63) is 46.7 Å². The van der Waals surface area contributed by atoms with Crippen LogP contribution in [-0.2, 0) is 9.53 Å². The van der Waals surface area contributed by atoms with Crippen molar-refractivity contribution < 1.29 is 14.3 Å². The number of anilines is 1. The number of carbonyl (C=O) groups is 2. The zero-order valence-corrected chi connectivity index (χ0v) is 20.7. The second kappa shape index (κ2) is 9.87. The maximum atomic E-state index is 12.9. The lowest BCUT2D eigenvalue weighted by Crippen LogP contribution is -2.28. The average molecular weight is 473 g/mol. The third kappa shape index (κ3) is 5.98. The van der Waals surface area contributed by atoms with Gasteiger partial charge in [0.15, 0.2) is 5.82 Å². The topological polar surface area (TPSA) is 86.1 Å². The van der Waals surface area contributed by atoms with Crippen LogP contribution in [0, 0.1) is 0 Å². The van der Waals surface area contributed by atoms with Gasteiger partial charge in [-0.15, -0.1) is 10.2 Å². The van der Waals surface area contributed by atoms with Gasteiger partial charge in [-0.2, -0.15) is 11.3 Å². The van der Waals surface area contributed by atoms with E-state index in [4.69, 9.17) is 4.74 Å². The summed E-state index contributed by atoms with van der Waals surface area (Å²) < 4.78 is 6.90. The molecule has 9 heteroatoms. The molecule has 1 atom stereocenters. The largest absolute Gasteiger partial charge is 0.443 e. The molecular formula is C23H28N4O3S2. The van der Waals surface area contributed by atoms with Crippen molar-refractivity contribution >= 4 is 40.8 Å². The Morgan fingerprint density at radius 3 is 2.34 bits per heavy atom. The molecule has 0 aliphatic heterocycles. The molecule has 0 radical (unpaired) electrons. The van der Waals surface area contributed by atoms with Crippen LogP contribution >= 0.6 is 23.1 Å². The first-order chi connectivity index (χ1) is 15.0. The number of hydrogen-bond acceptors (Lipinski definition) is 7. The number of ether oxygens (including phenoxy) is 1. The smallest absolute Gasteiger partial charge is 0.422 e. The Kier molecular flexibility index (Phi) is 7.40. The summed E-state index contributed by atoms with van der Waals surface area (Å²) in [6, 6.07) is 9.65. The minimum atomic E-state index is -0.680. The van der Waals surface area contributed by atoms with Crippen molar-refractivity contribution in [3.63, 3.8) is 0 Å². The molecule has 0 aliphatic carbocycles. The summed E-state index contributed by atoms with van der Waals surface area (Å²) in [5, 5.41) is 14.9. The molecule has 0 saturated carbocycles. The third-order valence-electron chi connectivity index (χ3n) is 4.49. The number of benzene rings is 1. The van der Waals surface area contributed by atoms with Gasteiger partial charge in [-0.25, -0.2) is 9.36 Å². The minimum absolute atomic E-state index is 0.192. The molecule has 0 spiro atoms. The second-order valence-corrected chi connectivity index (χ2v) is 10.7. The fraction of sp³-hybridized carbons (Fsp3) is 0.391. The lowest BCUT2D eigenvalue weighted by molar-refractivity contribution is -0.115. The summed E-state index contributed by atoms with van der Waals surface area (Å²) in [6.07, 6.45) is -0.580. The summed E-state index contributed by atoms with van der Waals surface area (Å²) in [6.45, 7) is 11.4. The van der Waals surface area contributed by atoms with E-state index >= 15 is 0 Å². The summed E-state index contributed by atoms with van der Waals surface area (Å²) in [4.78, 5) is 25.7. The number of hydrogen-bond donors (Lipinski definition) is 1. The molecule has 1 aromatic carbocycles. The number of rotatable bonds is 6. The van der Waals surface area contributed by atoms with Gasteiger partial charge in [0.05, 0.1) is 5.25 Å². The molecule has 3 aromatic rings. The summed E-state index contributed by atoms with van der Waals surface area (Å²) in [5.41, 5.74) is 2.01. The maximum absolute atomic E-state index is 12.9. The molecule has 0 fully saturated rings. The van der Waals surface area contributed by atoms with Crippen molar-refractivity contribution in [2.24, 2.45) is 0 Å². The van der Waals surface area contributed by atoms with Gasteiger partial charge in [0.25, 0.3) is 0 Å². The number of aromatic nitrogens is 3. The summed E-state index contributed by atoms with van der Waals surface area (Å²) >= 11 is 2.65. The quantitative estimate of drug-likeness (QED) is 0.441. The highest BCUT2D eigenvalue weighted by Gasteiger charge is 2.28. The van der Waals surface area contributed by atoms with E-state index in [1.54, 1.807) is 27.7 Å². The van der Waals surface area contributed by atoms with Gasteiger partial charge in [-0.05, 0) is 62.8 Å². The molecule has 0 saturated heterocycles. The van der Waals surface area contributed by atoms with E-state index in [1.807, 2.05) is 41.1 Å². The van der Waals surface area contributed by atoms with E-state index in [0.717, 1.165) is 23.0 Å². The Balaban J connectivity index is 1.79. The fourth-order valence-electron chi connectivity index (χ4n) is 2.80. The van der Waals surface area contributed by atoms with Crippen LogP contribution in [0.4, 0.5) is 10.5 Å². The Morgan fingerprint density at radius 1 is 1.09 bits per heavy atom. The van der Waals surface area contributed by atoms with Crippen molar-refractivity contribution in [1.29, 1.82) is 0 Å². The normalized spacial score (nSPS) is 12.6. The predicted molar refractivity (Wildman–Crippen MR) is 129 cm³/mol. The van der Waals surface area contributed by atoms with Gasteiger partial charge < -0.3 is 10.1 Å². The number of amides is 1. The maximum Gasteiger partial charge on any atom is 0.422 e. The zero-order chi connectivity index (χ0) is 23.5. The van der Waals surface area contributed by atoms with E-state index in [1.165, 1.54) is 21.5 Å². The lowest BCUT2D eigenvalue weighted by atomic mass is 10.0. The molecule has 7 nitrogen and oxygen atoms in total. The molecule has 2 aromatic heterocycles. The average Bonchev–Trinajstić information content (AvgIpc) is 3.36. The van der Waals surface area contributed by atoms with Gasteiger partial charge in [0.1, 0.15) is 5.60 Å². The SMILES string of the molecule is CC(Sc1nnc(-c2ccsc2)n1C(=O)OC(C)(C)C)C(=O)Nc1ccc(C(C)C)cc1. The Hall–Kier alpha value is -2.65. The molecular weight excluding hydrogens is 444 g/mol. The van der Waals surface area contributed by atoms with E-state index in [0.29, 0.717) is 16.9 Å². The van der Waals surface area contributed by atoms with Crippen LogP contribution in [0.5, 0.6) is 0 Å². The first-order valence-corrected chi connectivity index (χ1v) is 12.2. The molecule has 1 N–H and O–H groups in total. The molecule has 2 heterocycles. The summed E-state index contributed by atoms with van der Waals surface area (Å²) in [7, 11) is 0. The minimum Gasteiger partial charge on any atom is -0.443 e. The van der Waals surface area contributed by atoms with E-state index in [9.17, 15) is 9.59 Å². The molecule has 3 rings (SSSR count). The number of carbonyl (C=O) groups excluding carboxylic acids is 2. The first kappa shape index (κ1) is 24.0. The molecule has 32 heavy (non-hydrogen) atoms. The van der Waals surface area contributed by atoms with Crippen molar-refractivity contribution in [2.75, 3.05) is 5.32 Å². The Bertz CT molecular complexity index is 1070. The zero-order valence-electron chi connectivity index (χ0n) is 19.1. The highest BCUT2D eigenvalue weighted by atomic mass is 32.2. The first-order valence-electron chi connectivity index (χ1n) is 10.3. The van der Waals surface area contributed by atoms with Crippen molar-refractivity contribution in [3.8, 4) is 11.4 Å². The van der Waals surface area contributed by atoms with Crippen LogP contribution in [-0.4, -0.2) is 37.6 Å². The van der Waals surface area contributed by atoms with Crippen LogP contribution in [0.25, 0.3) is 11.4 Å². The Labute approximate surface area is 196 Å². The van der Waals surface area contributed by atoms with E-state index in [2.05, 4.69) is 29.4 Å². The van der Waals surface area contributed by atoms with Crippen molar-refractivity contribution in [2.45, 2.75) is 63.5 Å². The van der Waals surface area contributed by atoms with Gasteiger partial charge in [-0.3, -0.25) is 4.79 Å². The van der Waals surface area contributed by atoms with Gasteiger partial charge >= 0.3 is 6.09 Å². The van der Waals surface area contributed by atoms with Crippen LogP contribution in [0.2, 0.25) is 0 Å². The highest BCUT2D eigenvalue weighted by Crippen LogP contribution is 2.29.